The highest BCUT2D eigenvalue weighted by atomic mass is 15.4. The Labute approximate surface area is 78.3 Å². The van der Waals surface area contributed by atoms with Crippen LogP contribution in [0.1, 0.15) is 25.0 Å². The van der Waals surface area contributed by atoms with Gasteiger partial charge in [0.05, 0.1) is 5.69 Å². The lowest BCUT2D eigenvalue weighted by atomic mass is 10.3. The predicted octanol–water partition coefficient (Wildman–Crippen LogP) is 0.798. The van der Waals surface area contributed by atoms with E-state index in [0.29, 0.717) is 0 Å². The first kappa shape index (κ1) is 8.69. The molecule has 0 spiro atoms. The summed E-state index contributed by atoms with van der Waals surface area (Å²) in [5.74, 6) is 0.969. The van der Waals surface area contributed by atoms with Gasteiger partial charge in [-0.05, 0) is 19.4 Å². The van der Waals surface area contributed by atoms with Gasteiger partial charge in [-0.1, -0.05) is 18.1 Å². The van der Waals surface area contributed by atoms with Crippen LogP contribution in [0, 0.1) is 5.92 Å². The Morgan fingerprint density at radius 3 is 3.15 bits per heavy atom. The molecule has 0 aliphatic heterocycles. The van der Waals surface area contributed by atoms with Crippen molar-refractivity contribution >= 4 is 0 Å². The average molecular weight is 180 g/mol. The third-order valence-corrected chi connectivity index (χ3v) is 2.41. The quantitative estimate of drug-likeness (QED) is 0.728. The van der Waals surface area contributed by atoms with E-state index in [-0.39, 0.29) is 0 Å². The monoisotopic (exact) mass is 180 g/mol. The Hall–Kier alpha value is -0.900. The summed E-state index contributed by atoms with van der Waals surface area (Å²) in [7, 11) is 1.92. The lowest BCUT2D eigenvalue weighted by molar-refractivity contribution is 0.531. The zero-order valence-corrected chi connectivity index (χ0v) is 8.03. The molecule has 1 aliphatic rings. The minimum Gasteiger partial charge on any atom is -0.314 e. The van der Waals surface area contributed by atoms with Crippen LogP contribution in [0.15, 0.2) is 6.20 Å². The number of hydrogen-bond acceptors (Lipinski definition) is 3. The van der Waals surface area contributed by atoms with Crippen LogP contribution in [0.2, 0.25) is 0 Å². The molecule has 4 nitrogen and oxygen atoms in total. The number of hydrogen-bond donors (Lipinski definition) is 1. The van der Waals surface area contributed by atoms with Crippen molar-refractivity contribution in [2.45, 2.75) is 32.4 Å². The molecule has 0 saturated heterocycles. The highest BCUT2D eigenvalue weighted by Crippen LogP contribution is 2.32. The molecule has 1 aromatic rings. The molecule has 1 saturated carbocycles. The SMILES string of the molecule is CNCc1cn(CCC2CC2)nn1. The van der Waals surface area contributed by atoms with Crippen LogP contribution in [0.5, 0.6) is 0 Å². The van der Waals surface area contributed by atoms with Crippen LogP contribution >= 0.6 is 0 Å². The highest BCUT2D eigenvalue weighted by Gasteiger charge is 2.20. The summed E-state index contributed by atoms with van der Waals surface area (Å²) in [6, 6.07) is 0. The predicted molar refractivity (Wildman–Crippen MR) is 50.1 cm³/mol. The second-order valence-electron chi connectivity index (χ2n) is 3.74. The highest BCUT2D eigenvalue weighted by molar-refractivity contribution is 4.91. The first-order chi connectivity index (χ1) is 6.38. The molecule has 1 N–H and O–H groups in total. The number of rotatable bonds is 5. The molecule has 2 rings (SSSR count). The topological polar surface area (TPSA) is 42.7 Å². The zero-order chi connectivity index (χ0) is 9.10. The Morgan fingerprint density at radius 2 is 2.46 bits per heavy atom. The van der Waals surface area contributed by atoms with Crippen molar-refractivity contribution in [3.8, 4) is 0 Å². The standard InChI is InChI=1S/C9H16N4/c1-10-6-9-7-13(12-11-9)5-4-8-2-3-8/h7-8,10H,2-6H2,1H3. The summed E-state index contributed by atoms with van der Waals surface area (Å²) in [6.07, 6.45) is 6.12. The molecule has 0 aromatic carbocycles. The third kappa shape index (κ3) is 2.52. The van der Waals surface area contributed by atoms with Gasteiger partial charge in [0.25, 0.3) is 0 Å². The van der Waals surface area contributed by atoms with Gasteiger partial charge in [0.1, 0.15) is 0 Å². The fraction of sp³-hybridized carbons (Fsp3) is 0.778. The van der Waals surface area contributed by atoms with E-state index in [4.69, 9.17) is 0 Å². The Balaban J connectivity index is 1.81. The van der Waals surface area contributed by atoms with Gasteiger partial charge in [-0.15, -0.1) is 5.10 Å². The van der Waals surface area contributed by atoms with Crippen molar-refractivity contribution in [3.05, 3.63) is 11.9 Å². The van der Waals surface area contributed by atoms with Gasteiger partial charge in [-0.3, -0.25) is 4.68 Å². The molecule has 13 heavy (non-hydrogen) atoms. The fourth-order valence-corrected chi connectivity index (χ4v) is 1.43. The lowest BCUT2D eigenvalue weighted by Gasteiger charge is -1.96. The van der Waals surface area contributed by atoms with Crippen molar-refractivity contribution in [2.75, 3.05) is 7.05 Å². The van der Waals surface area contributed by atoms with Crippen molar-refractivity contribution in [1.82, 2.24) is 20.3 Å². The van der Waals surface area contributed by atoms with E-state index in [9.17, 15) is 0 Å². The minimum absolute atomic E-state index is 0.809. The minimum atomic E-state index is 0.809. The second kappa shape index (κ2) is 3.87. The molecular weight excluding hydrogens is 164 g/mol. The molecule has 0 amide bonds. The molecule has 0 radical (unpaired) electrons. The molecule has 0 atom stereocenters. The second-order valence-corrected chi connectivity index (χ2v) is 3.74. The van der Waals surface area contributed by atoms with Gasteiger partial charge in [0.15, 0.2) is 0 Å². The maximum Gasteiger partial charge on any atom is 0.0964 e. The van der Waals surface area contributed by atoms with Gasteiger partial charge in [0.2, 0.25) is 0 Å². The van der Waals surface area contributed by atoms with Crippen molar-refractivity contribution < 1.29 is 0 Å². The molecule has 1 aliphatic carbocycles. The maximum absolute atomic E-state index is 4.06. The summed E-state index contributed by atoms with van der Waals surface area (Å²) in [5, 5.41) is 11.2. The van der Waals surface area contributed by atoms with Crippen LogP contribution in [-0.2, 0) is 13.1 Å². The number of nitrogens with zero attached hydrogens (tertiary/aromatic N) is 3. The van der Waals surface area contributed by atoms with E-state index >= 15 is 0 Å². The van der Waals surface area contributed by atoms with E-state index in [1.807, 2.05) is 17.9 Å². The molecule has 0 unspecified atom stereocenters. The average Bonchev–Trinajstić information content (AvgIpc) is 2.85. The van der Waals surface area contributed by atoms with E-state index in [2.05, 4.69) is 15.6 Å². The largest absolute Gasteiger partial charge is 0.314 e. The van der Waals surface area contributed by atoms with Crippen LogP contribution < -0.4 is 5.32 Å². The van der Waals surface area contributed by atoms with Crippen molar-refractivity contribution in [1.29, 1.82) is 0 Å². The summed E-state index contributed by atoms with van der Waals surface area (Å²) in [5.41, 5.74) is 1.03. The van der Waals surface area contributed by atoms with E-state index < -0.39 is 0 Å². The maximum atomic E-state index is 4.06. The fourth-order valence-electron chi connectivity index (χ4n) is 1.43. The molecule has 0 bridgehead atoms. The van der Waals surface area contributed by atoms with Crippen LogP contribution in [0.3, 0.4) is 0 Å². The smallest absolute Gasteiger partial charge is 0.0964 e. The molecular formula is C9H16N4. The van der Waals surface area contributed by atoms with E-state index in [1.165, 1.54) is 19.3 Å². The molecule has 1 fully saturated rings. The Bertz CT molecular complexity index is 264. The van der Waals surface area contributed by atoms with Gasteiger partial charge >= 0.3 is 0 Å². The summed E-state index contributed by atoms with van der Waals surface area (Å²) in [4.78, 5) is 0. The van der Waals surface area contributed by atoms with Crippen LogP contribution in [0.25, 0.3) is 0 Å². The van der Waals surface area contributed by atoms with Crippen LogP contribution in [0.4, 0.5) is 0 Å². The third-order valence-electron chi connectivity index (χ3n) is 2.41. The zero-order valence-electron chi connectivity index (χ0n) is 8.03. The summed E-state index contributed by atoms with van der Waals surface area (Å²) >= 11 is 0. The number of aromatic nitrogens is 3. The lowest BCUT2D eigenvalue weighted by Crippen LogP contribution is -2.05. The van der Waals surface area contributed by atoms with E-state index in [1.54, 1.807) is 0 Å². The number of nitrogens with one attached hydrogen (secondary N) is 1. The van der Waals surface area contributed by atoms with E-state index in [0.717, 1.165) is 24.7 Å². The van der Waals surface area contributed by atoms with Gasteiger partial charge < -0.3 is 5.32 Å². The number of aryl methyl sites for hydroxylation is 1. The first-order valence-electron chi connectivity index (χ1n) is 4.92. The van der Waals surface area contributed by atoms with Gasteiger partial charge in [-0.25, -0.2) is 0 Å². The molecule has 1 aromatic heterocycles. The molecule has 72 valence electrons. The van der Waals surface area contributed by atoms with Crippen molar-refractivity contribution in [3.63, 3.8) is 0 Å². The Kier molecular flexibility index (Phi) is 2.59. The van der Waals surface area contributed by atoms with Crippen molar-refractivity contribution in [2.24, 2.45) is 5.92 Å². The van der Waals surface area contributed by atoms with Crippen LogP contribution in [-0.4, -0.2) is 22.0 Å². The van der Waals surface area contributed by atoms with Gasteiger partial charge in [-0.2, -0.15) is 0 Å². The Morgan fingerprint density at radius 1 is 1.62 bits per heavy atom. The van der Waals surface area contributed by atoms with Gasteiger partial charge in [0, 0.05) is 19.3 Å². The molecule has 4 heteroatoms. The summed E-state index contributed by atoms with van der Waals surface area (Å²) in [6.45, 7) is 1.84. The normalized spacial score (nSPS) is 16.4. The molecule has 1 heterocycles. The first-order valence-corrected chi connectivity index (χ1v) is 4.92. The summed E-state index contributed by atoms with van der Waals surface area (Å²) < 4.78 is 1.95.